The Morgan fingerprint density at radius 2 is 2.07 bits per heavy atom. The Bertz CT molecular complexity index is 275. The molecule has 1 aliphatic carbocycles. The van der Waals surface area contributed by atoms with Gasteiger partial charge in [0.25, 0.3) is 0 Å². The van der Waals surface area contributed by atoms with E-state index in [1.54, 1.807) is 0 Å². The van der Waals surface area contributed by atoms with Crippen molar-refractivity contribution in [3.8, 4) is 0 Å². The van der Waals surface area contributed by atoms with Crippen LogP contribution in [-0.4, -0.2) is 21.3 Å². The van der Waals surface area contributed by atoms with E-state index in [1.807, 2.05) is 6.92 Å². The lowest BCUT2D eigenvalue weighted by atomic mass is 9.77. The monoisotopic (exact) mass is 256 g/mol. The molecule has 1 saturated carbocycles. The molecule has 0 amide bonds. The molecular formula is C9H11Cl3O2. The molecule has 0 aromatic rings. The van der Waals surface area contributed by atoms with Crippen molar-refractivity contribution in [3.05, 3.63) is 0 Å². The summed E-state index contributed by atoms with van der Waals surface area (Å²) < 4.78 is 3.66. The Morgan fingerprint density at radius 3 is 2.64 bits per heavy atom. The van der Waals surface area contributed by atoms with E-state index in [2.05, 4.69) is 0 Å². The number of ether oxygens (including phenoxy) is 1. The van der Waals surface area contributed by atoms with E-state index in [-0.39, 0.29) is 12.0 Å². The fourth-order valence-corrected chi connectivity index (χ4v) is 3.84. The first-order valence-electron chi connectivity index (χ1n) is 4.63. The number of hydrogen-bond acceptors (Lipinski definition) is 2. The van der Waals surface area contributed by atoms with E-state index in [0.717, 1.165) is 19.3 Å². The summed E-state index contributed by atoms with van der Waals surface area (Å²) in [5, 5.41) is 0. The van der Waals surface area contributed by atoms with Gasteiger partial charge in [-0.15, -0.1) is 11.6 Å². The number of hydrogen-bond donors (Lipinski definition) is 0. The first-order chi connectivity index (χ1) is 6.36. The van der Waals surface area contributed by atoms with E-state index in [9.17, 15) is 4.79 Å². The van der Waals surface area contributed by atoms with E-state index in [4.69, 9.17) is 39.5 Å². The standard InChI is InChI=1S/C9H11Cl3O2/c1-8(10)4-2-3-5-6(8)9(11,12)7(13)14-5/h5-6H,2-4H2,1H3/t5-,6-,8-/m1/s1. The van der Waals surface area contributed by atoms with Crippen molar-refractivity contribution in [1.29, 1.82) is 0 Å². The van der Waals surface area contributed by atoms with E-state index in [0.29, 0.717) is 0 Å². The number of halogens is 3. The van der Waals surface area contributed by atoms with Gasteiger partial charge < -0.3 is 4.74 Å². The minimum Gasteiger partial charge on any atom is -0.460 e. The maximum absolute atomic E-state index is 11.4. The van der Waals surface area contributed by atoms with Crippen LogP contribution in [0.15, 0.2) is 0 Å². The fraction of sp³-hybridized carbons (Fsp3) is 0.889. The zero-order chi connectivity index (χ0) is 10.6. The molecule has 1 aliphatic heterocycles. The van der Waals surface area contributed by atoms with Crippen LogP contribution in [0.1, 0.15) is 26.2 Å². The molecule has 1 saturated heterocycles. The molecule has 0 aromatic heterocycles. The van der Waals surface area contributed by atoms with Gasteiger partial charge in [0.2, 0.25) is 4.33 Å². The Hall–Kier alpha value is 0.340. The first-order valence-corrected chi connectivity index (χ1v) is 5.77. The van der Waals surface area contributed by atoms with Crippen molar-refractivity contribution in [1.82, 2.24) is 0 Å². The van der Waals surface area contributed by atoms with Crippen LogP contribution in [0.5, 0.6) is 0 Å². The third-order valence-corrected chi connectivity index (χ3v) is 4.30. The summed E-state index contributed by atoms with van der Waals surface area (Å²) in [5.41, 5.74) is 0. The first kappa shape index (κ1) is 10.8. The van der Waals surface area contributed by atoms with Crippen LogP contribution in [-0.2, 0) is 9.53 Å². The second-order valence-corrected chi connectivity index (χ2v) is 6.46. The number of carbonyl (C=O) groups is 1. The van der Waals surface area contributed by atoms with Crippen molar-refractivity contribution < 1.29 is 9.53 Å². The van der Waals surface area contributed by atoms with Crippen molar-refractivity contribution in [2.24, 2.45) is 5.92 Å². The number of alkyl halides is 3. The molecule has 0 radical (unpaired) electrons. The van der Waals surface area contributed by atoms with Crippen LogP contribution in [0, 0.1) is 5.92 Å². The average Bonchev–Trinajstić information content (AvgIpc) is 2.22. The Kier molecular flexibility index (Phi) is 2.45. The van der Waals surface area contributed by atoms with Crippen molar-refractivity contribution in [2.45, 2.75) is 41.5 Å². The molecule has 1 heterocycles. The second kappa shape index (κ2) is 3.16. The van der Waals surface area contributed by atoms with Gasteiger partial charge in [-0.1, -0.05) is 23.2 Å². The summed E-state index contributed by atoms with van der Waals surface area (Å²) in [6.07, 6.45) is 2.35. The molecule has 3 atom stereocenters. The van der Waals surface area contributed by atoms with Gasteiger partial charge in [0.05, 0.1) is 10.8 Å². The largest absolute Gasteiger partial charge is 0.460 e. The quantitative estimate of drug-likeness (QED) is 0.493. The third-order valence-electron chi connectivity index (χ3n) is 3.10. The number of carbonyl (C=O) groups excluding carboxylic acids is 1. The van der Waals surface area contributed by atoms with Crippen LogP contribution in [0.2, 0.25) is 0 Å². The highest BCUT2D eigenvalue weighted by atomic mass is 35.5. The number of esters is 1. The van der Waals surface area contributed by atoms with E-state index >= 15 is 0 Å². The van der Waals surface area contributed by atoms with Crippen molar-refractivity contribution in [3.63, 3.8) is 0 Å². The zero-order valence-electron chi connectivity index (χ0n) is 7.73. The maximum Gasteiger partial charge on any atom is 0.343 e. The Morgan fingerprint density at radius 1 is 1.43 bits per heavy atom. The zero-order valence-corrected chi connectivity index (χ0v) is 9.99. The normalized spacial score (nSPS) is 45.9. The molecule has 80 valence electrons. The lowest BCUT2D eigenvalue weighted by Crippen LogP contribution is -2.46. The molecule has 2 nitrogen and oxygen atoms in total. The predicted octanol–water partition coefficient (Wildman–Crippen LogP) is 2.88. The van der Waals surface area contributed by atoms with Gasteiger partial charge in [-0.25, -0.2) is 4.79 Å². The lowest BCUT2D eigenvalue weighted by Gasteiger charge is -2.39. The molecule has 0 aromatic carbocycles. The molecule has 14 heavy (non-hydrogen) atoms. The molecule has 5 heteroatoms. The van der Waals surface area contributed by atoms with Crippen molar-refractivity contribution in [2.75, 3.05) is 0 Å². The van der Waals surface area contributed by atoms with Gasteiger partial charge >= 0.3 is 5.97 Å². The van der Waals surface area contributed by atoms with Gasteiger partial charge in [-0.3, -0.25) is 0 Å². The summed E-state index contributed by atoms with van der Waals surface area (Å²) in [6, 6.07) is 0. The average molecular weight is 258 g/mol. The van der Waals surface area contributed by atoms with Crippen LogP contribution in [0.3, 0.4) is 0 Å². The van der Waals surface area contributed by atoms with Gasteiger partial charge in [0.15, 0.2) is 0 Å². The van der Waals surface area contributed by atoms with Gasteiger partial charge in [0.1, 0.15) is 6.10 Å². The molecule has 0 bridgehead atoms. The highest BCUT2D eigenvalue weighted by Gasteiger charge is 2.62. The van der Waals surface area contributed by atoms with Gasteiger partial charge in [-0.2, -0.15) is 0 Å². The molecule has 2 aliphatic rings. The number of fused-ring (bicyclic) bond motifs is 1. The minimum absolute atomic E-state index is 0.214. The second-order valence-electron chi connectivity index (χ2n) is 4.21. The molecule has 2 fully saturated rings. The van der Waals surface area contributed by atoms with Crippen LogP contribution < -0.4 is 0 Å². The summed E-state index contributed by atoms with van der Waals surface area (Å²) in [5.74, 6) is -0.856. The molecular weight excluding hydrogens is 246 g/mol. The molecule has 0 N–H and O–H groups in total. The highest BCUT2D eigenvalue weighted by Crippen LogP contribution is 2.54. The highest BCUT2D eigenvalue weighted by molar-refractivity contribution is 6.58. The van der Waals surface area contributed by atoms with Crippen molar-refractivity contribution >= 4 is 40.8 Å². The summed E-state index contributed by atoms with van der Waals surface area (Å²) in [6.45, 7) is 1.87. The summed E-state index contributed by atoms with van der Waals surface area (Å²) in [7, 11) is 0. The smallest absolute Gasteiger partial charge is 0.343 e. The third kappa shape index (κ3) is 1.43. The minimum atomic E-state index is -1.47. The van der Waals surface area contributed by atoms with Crippen LogP contribution in [0.25, 0.3) is 0 Å². The van der Waals surface area contributed by atoms with Gasteiger partial charge in [-0.05, 0) is 26.2 Å². The van der Waals surface area contributed by atoms with Gasteiger partial charge in [0, 0.05) is 0 Å². The Labute approximate surface area is 97.8 Å². The topological polar surface area (TPSA) is 26.3 Å². The van der Waals surface area contributed by atoms with E-state index < -0.39 is 15.2 Å². The van der Waals surface area contributed by atoms with E-state index in [1.165, 1.54) is 0 Å². The Balaban J connectivity index is 2.36. The number of rotatable bonds is 0. The summed E-state index contributed by atoms with van der Waals surface area (Å²) >= 11 is 18.3. The predicted molar refractivity (Wildman–Crippen MR) is 55.9 cm³/mol. The SMILES string of the molecule is C[C@@]1(Cl)CCC[C@H]2OC(=O)C(Cl)(Cl)[C@H]21. The van der Waals surface area contributed by atoms with Crippen LogP contribution in [0.4, 0.5) is 0 Å². The van der Waals surface area contributed by atoms with Crippen LogP contribution >= 0.6 is 34.8 Å². The molecule has 0 unspecified atom stereocenters. The lowest BCUT2D eigenvalue weighted by molar-refractivity contribution is -0.142. The summed E-state index contributed by atoms with van der Waals surface area (Å²) in [4.78, 5) is 10.9. The molecule has 2 rings (SSSR count). The maximum atomic E-state index is 11.4. The molecule has 0 spiro atoms. The fourth-order valence-electron chi connectivity index (χ4n) is 2.44.